The number of aromatic nitrogens is 1. The third-order valence-corrected chi connectivity index (χ3v) is 8.36. The summed E-state index contributed by atoms with van der Waals surface area (Å²) in [6.07, 6.45) is 3.87. The first-order valence-electron chi connectivity index (χ1n) is 10.7. The van der Waals surface area contributed by atoms with Crippen LogP contribution in [-0.2, 0) is 10.0 Å². The molecule has 6 nitrogen and oxygen atoms in total. The molecule has 1 aliphatic heterocycles. The fourth-order valence-corrected chi connectivity index (χ4v) is 5.66. The number of hydrogen-bond acceptors (Lipinski definition) is 3. The molecule has 1 saturated heterocycles. The molecule has 4 rings (SSSR count). The van der Waals surface area contributed by atoms with Gasteiger partial charge in [-0.05, 0) is 62.4 Å². The predicted molar refractivity (Wildman–Crippen MR) is 123 cm³/mol. The number of piperidine rings is 1. The number of amides is 1. The molecule has 0 radical (unpaired) electrons. The molecule has 1 N–H and O–H groups in total. The average molecular weight is 440 g/mol. The Morgan fingerprint density at radius 3 is 2.52 bits per heavy atom. The molecule has 0 spiro atoms. The van der Waals surface area contributed by atoms with Crippen molar-refractivity contribution in [2.75, 3.05) is 20.1 Å². The summed E-state index contributed by atoms with van der Waals surface area (Å²) in [6, 6.07) is 14.5. The zero-order valence-corrected chi connectivity index (χ0v) is 19.0. The molecule has 164 valence electrons. The molecule has 0 aliphatic carbocycles. The van der Waals surface area contributed by atoms with E-state index in [1.807, 2.05) is 24.8 Å². The maximum absolute atomic E-state index is 13.1. The van der Waals surface area contributed by atoms with Crippen LogP contribution >= 0.6 is 0 Å². The van der Waals surface area contributed by atoms with Gasteiger partial charge in [0.2, 0.25) is 10.0 Å². The first-order chi connectivity index (χ1) is 14.8. The van der Waals surface area contributed by atoms with Crippen molar-refractivity contribution < 1.29 is 13.2 Å². The van der Waals surface area contributed by atoms with Gasteiger partial charge in [-0.25, -0.2) is 8.42 Å². The molecule has 7 heteroatoms. The fourth-order valence-electron chi connectivity index (χ4n) is 4.24. The van der Waals surface area contributed by atoms with Crippen molar-refractivity contribution in [3.63, 3.8) is 0 Å². The maximum atomic E-state index is 13.1. The summed E-state index contributed by atoms with van der Waals surface area (Å²) < 4.78 is 26.9. The van der Waals surface area contributed by atoms with Gasteiger partial charge in [0.15, 0.2) is 0 Å². The Bertz CT molecular complexity index is 1190. The number of carbonyl (C=O) groups excluding carboxylic acids is 1. The topological polar surface area (TPSA) is 73.5 Å². The number of nitrogens with one attached hydrogen (secondary N) is 1. The fraction of sp³-hybridized carbons (Fsp3) is 0.375. The summed E-state index contributed by atoms with van der Waals surface area (Å²) in [5.74, 6) is 0.299. The van der Waals surface area contributed by atoms with Gasteiger partial charge in [-0.15, -0.1) is 0 Å². The van der Waals surface area contributed by atoms with E-state index in [4.69, 9.17) is 0 Å². The number of H-pyrrole nitrogens is 1. The molecule has 2 heterocycles. The lowest BCUT2D eigenvalue weighted by molar-refractivity contribution is 0.0713. The Morgan fingerprint density at radius 1 is 1.10 bits per heavy atom. The lowest BCUT2D eigenvalue weighted by Crippen LogP contribution is -2.38. The van der Waals surface area contributed by atoms with Gasteiger partial charge in [-0.3, -0.25) is 4.79 Å². The van der Waals surface area contributed by atoms with Crippen molar-refractivity contribution in [3.05, 3.63) is 65.9 Å². The van der Waals surface area contributed by atoms with Crippen molar-refractivity contribution in [2.24, 2.45) is 0 Å². The van der Waals surface area contributed by atoms with Crippen molar-refractivity contribution in [3.8, 4) is 0 Å². The van der Waals surface area contributed by atoms with Gasteiger partial charge in [0.25, 0.3) is 5.91 Å². The molecule has 0 saturated carbocycles. The van der Waals surface area contributed by atoms with Gasteiger partial charge >= 0.3 is 0 Å². The van der Waals surface area contributed by atoms with Crippen LogP contribution in [0.25, 0.3) is 10.9 Å². The van der Waals surface area contributed by atoms with E-state index in [-0.39, 0.29) is 16.8 Å². The second kappa shape index (κ2) is 8.48. The minimum atomic E-state index is -3.63. The van der Waals surface area contributed by atoms with Gasteiger partial charge in [0.05, 0.1) is 4.90 Å². The van der Waals surface area contributed by atoms with Gasteiger partial charge in [0.1, 0.15) is 0 Å². The maximum Gasteiger partial charge on any atom is 0.253 e. The molecular weight excluding hydrogens is 410 g/mol. The van der Waals surface area contributed by atoms with Crippen LogP contribution in [0.1, 0.15) is 48.5 Å². The highest BCUT2D eigenvalue weighted by Gasteiger charge is 2.28. The number of carbonyl (C=O) groups is 1. The number of benzene rings is 2. The van der Waals surface area contributed by atoms with E-state index in [1.54, 1.807) is 25.2 Å². The number of likely N-dealkylation sites (tertiary alicyclic amines) is 1. The molecule has 0 atom stereocenters. The smallest absolute Gasteiger partial charge is 0.253 e. The predicted octanol–water partition coefficient (Wildman–Crippen LogP) is 4.22. The van der Waals surface area contributed by atoms with E-state index in [1.165, 1.54) is 21.3 Å². The monoisotopic (exact) mass is 439 g/mol. The van der Waals surface area contributed by atoms with Crippen LogP contribution in [0.15, 0.2) is 59.6 Å². The van der Waals surface area contributed by atoms with Crippen LogP contribution in [0.4, 0.5) is 0 Å². The number of para-hydroxylation sites is 1. The summed E-state index contributed by atoms with van der Waals surface area (Å²) in [5, 5.41) is 1.25. The summed E-state index contributed by atoms with van der Waals surface area (Å²) in [6.45, 7) is 4.96. The molecule has 31 heavy (non-hydrogen) atoms. The van der Waals surface area contributed by atoms with E-state index in [9.17, 15) is 13.2 Å². The Kier molecular flexibility index (Phi) is 5.90. The van der Waals surface area contributed by atoms with Gasteiger partial charge in [0, 0.05) is 48.8 Å². The van der Waals surface area contributed by atoms with Crippen LogP contribution in [-0.4, -0.2) is 54.7 Å². The van der Waals surface area contributed by atoms with Crippen LogP contribution in [0.3, 0.4) is 0 Å². The van der Waals surface area contributed by atoms with E-state index in [0.717, 1.165) is 18.4 Å². The largest absolute Gasteiger partial charge is 0.361 e. The van der Waals surface area contributed by atoms with Crippen molar-refractivity contribution in [1.29, 1.82) is 0 Å². The Labute approximate surface area is 183 Å². The standard InChI is InChI=1S/C24H29N3O3S/c1-17(2)26(3)31(29,30)20-8-6-7-19(15-20)24(28)27-13-11-18(12-14-27)22-16-25-23-10-5-4-9-21(22)23/h4-10,15-18,25H,11-14H2,1-3H3. The molecule has 3 aromatic rings. The molecule has 1 fully saturated rings. The molecule has 2 aromatic carbocycles. The SMILES string of the molecule is CC(C)N(C)S(=O)(=O)c1cccc(C(=O)N2CCC(c3c[nH]c4ccccc34)CC2)c1. The van der Waals surface area contributed by atoms with Gasteiger partial charge in [-0.2, -0.15) is 4.31 Å². The van der Waals surface area contributed by atoms with Crippen LogP contribution < -0.4 is 0 Å². The number of nitrogens with zero attached hydrogens (tertiary/aromatic N) is 2. The van der Waals surface area contributed by atoms with E-state index in [2.05, 4.69) is 29.4 Å². The second-order valence-electron chi connectivity index (χ2n) is 8.50. The molecule has 0 bridgehead atoms. The lowest BCUT2D eigenvalue weighted by atomic mass is 9.89. The minimum absolute atomic E-state index is 0.110. The van der Waals surface area contributed by atoms with E-state index in [0.29, 0.717) is 24.6 Å². The quantitative estimate of drug-likeness (QED) is 0.647. The summed E-state index contributed by atoms with van der Waals surface area (Å²) in [4.78, 5) is 18.4. The van der Waals surface area contributed by atoms with Crippen LogP contribution in [0.2, 0.25) is 0 Å². The molecular formula is C24H29N3O3S. The number of fused-ring (bicyclic) bond motifs is 1. The highest BCUT2D eigenvalue weighted by molar-refractivity contribution is 7.89. The van der Waals surface area contributed by atoms with Gasteiger partial charge in [-0.1, -0.05) is 24.3 Å². The van der Waals surface area contributed by atoms with Crippen LogP contribution in [0.5, 0.6) is 0 Å². The summed E-state index contributed by atoms with van der Waals surface area (Å²) in [7, 11) is -2.07. The third kappa shape index (κ3) is 4.12. The highest BCUT2D eigenvalue weighted by Crippen LogP contribution is 2.33. The van der Waals surface area contributed by atoms with Crippen molar-refractivity contribution >= 4 is 26.8 Å². The first-order valence-corrected chi connectivity index (χ1v) is 12.2. The first kappa shape index (κ1) is 21.6. The Hall–Kier alpha value is -2.64. The minimum Gasteiger partial charge on any atom is -0.361 e. The van der Waals surface area contributed by atoms with Crippen molar-refractivity contribution in [1.82, 2.24) is 14.2 Å². The van der Waals surface area contributed by atoms with Crippen LogP contribution in [0, 0.1) is 0 Å². The number of rotatable bonds is 5. The van der Waals surface area contributed by atoms with Crippen molar-refractivity contribution in [2.45, 2.75) is 43.5 Å². The zero-order valence-electron chi connectivity index (χ0n) is 18.2. The summed E-state index contributed by atoms with van der Waals surface area (Å²) in [5.41, 5.74) is 2.87. The normalized spacial score (nSPS) is 15.8. The Balaban J connectivity index is 1.48. The number of aromatic amines is 1. The summed E-state index contributed by atoms with van der Waals surface area (Å²) >= 11 is 0. The molecule has 1 amide bonds. The molecule has 0 unspecified atom stereocenters. The third-order valence-electron chi connectivity index (χ3n) is 6.33. The number of hydrogen-bond donors (Lipinski definition) is 1. The highest BCUT2D eigenvalue weighted by atomic mass is 32.2. The van der Waals surface area contributed by atoms with E-state index < -0.39 is 10.0 Å². The average Bonchev–Trinajstić information content (AvgIpc) is 3.22. The Morgan fingerprint density at radius 2 is 1.81 bits per heavy atom. The number of sulfonamides is 1. The lowest BCUT2D eigenvalue weighted by Gasteiger charge is -2.32. The zero-order chi connectivity index (χ0) is 22.2. The second-order valence-corrected chi connectivity index (χ2v) is 10.5. The molecule has 1 aromatic heterocycles. The molecule has 1 aliphatic rings. The van der Waals surface area contributed by atoms with Gasteiger partial charge < -0.3 is 9.88 Å². The van der Waals surface area contributed by atoms with E-state index >= 15 is 0 Å².